The number of rotatable bonds is 4. The number of benzene rings is 1. The molecule has 0 heterocycles. The zero-order chi connectivity index (χ0) is 15.1. The Labute approximate surface area is 113 Å². The van der Waals surface area contributed by atoms with Crippen molar-refractivity contribution in [2.24, 2.45) is 0 Å². The summed E-state index contributed by atoms with van der Waals surface area (Å²) in [4.78, 5) is 12.8. The molecule has 1 aromatic rings. The van der Waals surface area contributed by atoms with Gasteiger partial charge in [-0.2, -0.15) is 8.78 Å². The maximum atomic E-state index is 12.7. The van der Waals surface area contributed by atoms with Crippen molar-refractivity contribution in [1.29, 1.82) is 0 Å². The summed E-state index contributed by atoms with van der Waals surface area (Å²) in [7, 11) is 1.59. The van der Waals surface area contributed by atoms with E-state index in [1.54, 1.807) is 26.1 Å². The van der Waals surface area contributed by atoms with Gasteiger partial charge in [-0.25, -0.2) is 0 Å². The highest BCUT2D eigenvalue weighted by atomic mass is 19.3. The van der Waals surface area contributed by atoms with Gasteiger partial charge in [-0.15, -0.1) is 0 Å². The van der Waals surface area contributed by atoms with Crippen molar-refractivity contribution < 1.29 is 18.3 Å². The first-order valence-electron chi connectivity index (χ1n) is 6.27. The molecule has 1 amide bonds. The molecule has 0 bridgehead atoms. The van der Waals surface area contributed by atoms with Crippen LogP contribution in [0.5, 0.6) is 5.75 Å². The van der Waals surface area contributed by atoms with Gasteiger partial charge >= 0.3 is 6.11 Å². The van der Waals surface area contributed by atoms with Crippen LogP contribution in [0.25, 0.3) is 0 Å². The lowest BCUT2D eigenvalue weighted by Gasteiger charge is -2.18. The van der Waals surface area contributed by atoms with Gasteiger partial charge in [0, 0.05) is 32.1 Å². The Hall–Kier alpha value is -1.65. The van der Waals surface area contributed by atoms with Crippen molar-refractivity contribution in [3.63, 3.8) is 0 Å². The summed E-state index contributed by atoms with van der Waals surface area (Å²) in [6.07, 6.45) is -2.88. The molecule has 1 aromatic carbocycles. The molecule has 1 rings (SSSR count). The molecule has 0 N–H and O–H groups in total. The van der Waals surface area contributed by atoms with Crippen molar-refractivity contribution >= 4 is 11.6 Å². The Bertz CT molecular complexity index is 403. The lowest BCUT2D eigenvalue weighted by Crippen LogP contribution is -2.25. The van der Waals surface area contributed by atoms with Gasteiger partial charge in [0.15, 0.2) is 0 Å². The quantitative estimate of drug-likeness (QED) is 0.827. The number of ether oxygens (including phenoxy) is 1. The number of nitrogens with zero attached hydrogens (tertiary/aromatic N) is 1. The predicted octanol–water partition coefficient (Wildman–Crippen LogP) is 4.08. The summed E-state index contributed by atoms with van der Waals surface area (Å²) in [6, 6.07) is 6.06. The molecule has 0 aliphatic rings. The number of hydrogen-bond acceptors (Lipinski definition) is 2. The monoisotopic (exact) mass is 273 g/mol. The molecule has 108 valence electrons. The molecule has 0 atom stereocenters. The summed E-state index contributed by atoms with van der Waals surface area (Å²) in [5, 5.41) is 0. The second-order valence-corrected chi connectivity index (χ2v) is 3.71. The fourth-order valence-corrected chi connectivity index (χ4v) is 1.34. The van der Waals surface area contributed by atoms with E-state index in [0.717, 1.165) is 0 Å². The van der Waals surface area contributed by atoms with Gasteiger partial charge in [-0.1, -0.05) is 26.8 Å². The number of amides is 1. The molecule has 3 nitrogen and oxygen atoms in total. The molecule has 0 unspecified atom stereocenters. The van der Waals surface area contributed by atoms with Crippen LogP contribution >= 0.6 is 0 Å². The molecule has 0 aliphatic carbocycles. The lowest BCUT2D eigenvalue weighted by molar-refractivity contribution is -0.158. The van der Waals surface area contributed by atoms with Crippen LogP contribution in [-0.2, 0) is 4.79 Å². The number of halogens is 2. The van der Waals surface area contributed by atoms with Crippen molar-refractivity contribution in [2.75, 3.05) is 11.9 Å². The molecule has 0 spiro atoms. The summed E-state index contributed by atoms with van der Waals surface area (Å²) in [5.41, 5.74) is 0.526. The Morgan fingerprint density at radius 3 is 2.42 bits per heavy atom. The van der Waals surface area contributed by atoms with Gasteiger partial charge < -0.3 is 9.64 Å². The highest BCUT2D eigenvalue weighted by Crippen LogP contribution is 2.25. The maximum absolute atomic E-state index is 12.7. The van der Waals surface area contributed by atoms with Crippen LogP contribution in [0.1, 0.15) is 34.1 Å². The van der Waals surface area contributed by atoms with Crippen molar-refractivity contribution in [3.8, 4) is 5.75 Å². The van der Waals surface area contributed by atoms with E-state index in [0.29, 0.717) is 19.0 Å². The Morgan fingerprint density at radius 2 is 1.95 bits per heavy atom. The van der Waals surface area contributed by atoms with Crippen molar-refractivity contribution in [2.45, 2.75) is 40.2 Å². The minimum atomic E-state index is -3.23. The molecule has 19 heavy (non-hydrogen) atoms. The normalized spacial score (nSPS) is 10.3. The molecule has 0 saturated heterocycles. The fourth-order valence-electron chi connectivity index (χ4n) is 1.34. The predicted molar refractivity (Wildman–Crippen MR) is 72.7 cm³/mol. The number of hydrogen-bond donors (Lipinski definition) is 0. The SMILES string of the molecule is CC.CCC(=O)N(C)c1cccc(OC(C)(F)F)c1. The zero-order valence-electron chi connectivity index (χ0n) is 12.0. The number of alkyl halides is 2. The van der Waals surface area contributed by atoms with E-state index < -0.39 is 6.11 Å². The molecule has 0 saturated carbocycles. The van der Waals surface area contributed by atoms with Crippen LogP contribution < -0.4 is 9.64 Å². The molecule has 0 radical (unpaired) electrons. The van der Waals surface area contributed by atoms with Crippen LogP contribution in [0, 0.1) is 0 Å². The van der Waals surface area contributed by atoms with E-state index in [-0.39, 0.29) is 11.7 Å². The summed E-state index contributed by atoms with van der Waals surface area (Å²) >= 11 is 0. The van der Waals surface area contributed by atoms with Crippen LogP contribution in [0.15, 0.2) is 24.3 Å². The summed E-state index contributed by atoms with van der Waals surface area (Å²) in [5.74, 6) is -0.0591. The molecular formula is C14H21F2NO2. The molecular weight excluding hydrogens is 252 g/mol. The van der Waals surface area contributed by atoms with Gasteiger partial charge in [-0.05, 0) is 12.1 Å². The molecule has 0 aliphatic heterocycles. The number of anilines is 1. The van der Waals surface area contributed by atoms with Gasteiger partial charge in [0.1, 0.15) is 5.75 Å². The lowest BCUT2D eigenvalue weighted by atomic mass is 10.2. The van der Waals surface area contributed by atoms with Crippen LogP contribution in [0.3, 0.4) is 0 Å². The zero-order valence-corrected chi connectivity index (χ0v) is 12.0. The average Bonchev–Trinajstić information content (AvgIpc) is 2.37. The van der Waals surface area contributed by atoms with E-state index in [2.05, 4.69) is 4.74 Å². The summed E-state index contributed by atoms with van der Waals surface area (Å²) in [6.45, 7) is 6.40. The highest BCUT2D eigenvalue weighted by molar-refractivity contribution is 5.92. The first kappa shape index (κ1) is 17.4. The van der Waals surface area contributed by atoms with Gasteiger partial charge in [0.2, 0.25) is 5.91 Å². The largest absolute Gasteiger partial charge is 0.433 e. The van der Waals surface area contributed by atoms with Crippen LogP contribution in [0.2, 0.25) is 0 Å². The van der Waals surface area contributed by atoms with E-state index in [1.165, 1.54) is 17.0 Å². The number of carbonyl (C=O) groups excluding carboxylic acids is 1. The highest BCUT2D eigenvalue weighted by Gasteiger charge is 2.23. The third-order valence-corrected chi connectivity index (χ3v) is 2.18. The van der Waals surface area contributed by atoms with E-state index in [9.17, 15) is 13.6 Å². The third-order valence-electron chi connectivity index (χ3n) is 2.18. The van der Waals surface area contributed by atoms with Crippen LogP contribution in [-0.4, -0.2) is 19.1 Å². The van der Waals surface area contributed by atoms with Gasteiger partial charge in [0.25, 0.3) is 0 Å². The smallest absolute Gasteiger partial charge is 0.394 e. The summed E-state index contributed by atoms with van der Waals surface area (Å²) < 4.78 is 29.8. The van der Waals surface area contributed by atoms with Crippen molar-refractivity contribution in [3.05, 3.63) is 24.3 Å². The van der Waals surface area contributed by atoms with E-state index in [4.69, 9.17) is 0 Å². The maximum Gasteiger partial charge on any atom is 0.394 e. The van der Waals surface area contributed by atoms with Gasteiger partial charge in [-0.3, -0.25) is 4.79 Å². The minimum absolute atomic E-state index is 0.0331. The first-order valence-corrected chi connectivity index (χ1v) is 6.27. The fraction of sp³-hybridized carbons (Fsp3) is 0.500. The van der Waals surface area contributed by atoms with E-state index >= 15 is 0 Å². The van der Waals surface area contributed by atoms with E-state index in [1.807, 2.05) is 13.8 Å². The second-order valence-electron chi connectivity index (χ2n) is 3.71. The minimum Gasteiger partial charge on any atom is -0.433 e. The average molecular weight is 273 g/mol. The Morgan fingerprint density at radius 1 is 1.37 bits per heavy atom. The molecule has 0 aromatic heterocycles. The second kappa shape index (κ2) is 7.71. The van der Waals surface area contributed by atoms with Crippen molar-refractivity contribution in [1.82, 2.24) is 0 Å². The van der Waals surface area contributed by atoms with Gasteiger partial charge in [0.05, 0.1) is 0 Å². The first-order chi connectivity index (χ1) is 8.83. The third kappa shape index (κ3) is 6.18. The Kier molecular flexibility index (Phi) is 7.04. The number of carbonyl (C=O) groups is 1. The molecule has 0 fully saturated rings. The van der Waals surface area contributed by atoms with Crippen LogP contribution in [0.4, 0.5) is 14.5 Å². The Balaban J connectivity index is 0.00000154. The topological polar surface area (TPSA) is 29.5 Å². The standard InChI is InChI=1S/C12H15F2NO2.C2H6/c1-4-11(16)15(3)9-6-5-7-10(8-9)17-12(2,13)14;1-2/h5-8H,4H2,1-3H3;1-2H3. The molecule has 5 heteroatoms.